The first-order valence-electron chi connectivity index (χ1n) is 4.77. The molecular weight excluding hydrogens is 199 g/mol. The summed E-state index contributed by atoms with van der Waals surface area (Å²) < 4.78 is 22.7. The van der Waals surface area contributed by atoms with Crippen LogP contribution in [0.4, 0.5) is 10.1 Å². The van der Waals surface area contributed by atoms with E-state index in [4.69, 9.17) is 15.2 Å². The molecule has 0 fully saturated rings. The molecule has 0 bridgehead atoms. The maximum Gasteiger partial charge on any atom is 0.250 e. The van der Waals surface area contributed by atoms with Crippen molar-refractivity contribution in [2.75, 3.05) is 26.1 Å². The zero-order chi connectivity index (χ0) is 11.7. The molecule has 0 amide bonds. The average Bonchev–Trinajstić information content (AvgIpc) is 2.24. The van der Waals surface area contributed by atoms with E-state index in [0.717, 1.165) is 6.07 Å². The second kappa shape index (κ2) is 7.99. The van der Waals surface area contributed by atoms with Crippen LogP contribution in [-0.2, 0) is 4.74 Å². The summed E-state index contributed by atoms with van der Waals surface area (Å²) in [6.45, 7) is 4.66. The van der Waals surface area contributed by atoms with Gasteiger partial charge in [0.2, 0.25) is 0 Å². The van der Waals surface area contributed by atoms with Crippen molar-refractivity contribution in [1.82, 2.24) is 4.98 Å². The summed E-state index contributed by atoms with van der Waals surface area (Å²) in [6, 6.07) is 1.16. The smallest absolute Gasteiger partial charge is 0.250 e. The highest BCUT2D eigenvalue weighted by Crippen LogP contribution is 2.14. The number of nitrogen functional groups attached to an aromatic ring is 1. The predicted octanol–water partition coefficient (Wildman–Crippen LogP) is 1.85. The number of methoxy groups -OCH3 is 1. The molecule has 15 heavy (non-hydrogen) atoms. The van der Waals surface area contributed by atoms with Gasteiger partial charge in [-0.2, -0.15) is 0 Å². The molecule has 5 heteroatoms. The van der Waals surface area contributed by atoms with Gasteiger partial charge in [-0.25, -0.2) is 9.37 Å². The molecule has 0 aliphatic heterocycles. The molecule has 0 aromatic carbocycles. The fourth-order valence-electron chi connectivity index (χ4n) is 0.768. The minimum absolute atomic E-state index is 0.0498. The van der Waals surface area contributed by atoms with Crippen LogP contribution in [0.15, 0.2) is 12.3 Å². The Morgan fingerprint density at radius 3 is 2.60 bits per heavy atom. The Kier molecular flexibility index (Phi) is 7.27. The molecule has 86 valence electrons. The number of ether oxygens (including phenoxy) is 2. The Morgan fingerprint density at radius 1 is 1.40 bits per heavy atom. The molecule has 0 spiro atoms. The van der Waals surface area contributed by atoms with E-state index in [1.807, 2.05) is 13.8 Å². The Balaban J connectivity index is 0.000000921. The van der Waals surface area contributed by atoms with Crippen molar-refractivity contribution < 1.29 is 13.9 Å². The number of hydrogen-bond acceptors (Lipinski definition) is 4. The number of nitrogens with zero attached hydrogens (tertiary/aromatic N) is 1. The van der Waals surface area contributed by atoms with E-state index in [9.17, 15) is 4.39 Å². The van der Waals surface area contributed by atoms with Crippen LogP contribution in [0.2, 0.25) is 0 Å². The van der Waals surface area contributed by atoms with E-state index < -0.39 is 5.82 Å². The molecule has 0 atom stereocenters. The molecule has 2 N–H and O–H groups in total. The first kappa shape index (κ1) is 13.6. The Labute approximate surface area is 89.2 Å². The van der Waals surface area contributed by atoms with Crippen LogP contribution in [0, 0.1) is 5.82 Å². The van der Waals surface area contributed by atoms with E-state index in [-0.39, 0.29) is 18.2 Å². The molecule has 0 aliphatic carbocycles. The van der Waals surface area contributed by atoms with Gasteiger partial charge in [-0.05, 0) is 0 Å². The lowest BCUT2D eigenvalue weighted by Crippen LogP contribution is -2.07. The first-order valence-corrected chi connectivity index (χ1v) is 4.77. The molecule has 1 heterocycles. The summed E-state index contributed by atoms with van der Waals surface area (Å²) in [5, 5.41) is 0. The second-order valence-corrected chi connectivity index (χ2v) is 2.40. The van der Waals surface area contributed by atoms with Gasteiger partial charge in [-0.15, -0.1) is 0 Å². The Morgan fingerprint density at radius 2 is 2.07 bits per heavy atom. The van der Waals surface area contributed by atoms with Crippen LogP contribution in [0.3, 0.4) is 0 Å². The summed E-state index contributed by atoms with van der Waals surface area (Å²) >= 11 is 0. The number of anilines is 1. The standard InChI is InChI=1S/C8H11FN2O2.C2H6/c1-12-2-3-13-8-7(9)4-6(10)5-11-8;1-2/h4-5H,2-3,10H2,1H3;1-2H3. The minimum Gasteiger partial charge on any atom is -0.473 e. The first-order chi connectivity index (χ1) is 7.24. The van der Waals surface area contributed by atoms with Gasteiger partial charge in [-0.1, -0.05) is 13.8 Å². The number of pyridine rings is 1. The summed E-state index contributed by atoms with van der Waals surface area (Å²) in [6.07, 6.45) is 1.34. The fourth-order valence-corrected chi connectivity index (χ4v) is 0.768. The van der Waals surface area contributed by atoms with E-state index in [1.54, 1.807) is 0 Å². The van der Waals surface area contributed by atoms with Crippen molar-refractivity contribution in [3.63, 3.8) is 0 Å². The number of halogens is 1. The Hall–Kier alpha value is -1.36. The highest BCUT2D eigenvalue weighted by Gasteiger charge is 2.04. The van der Waals surface area contributed by atoms with Gasteiger partial charge in [0, 0.05) is 13.2 Å². The quantitative estimate of drug-likeness (QED) is 0.780. The van der Waals surface area contributed by atoms with E-state index in [1.165, 1.54) is 13.3 Å². The maximum atomic E-state index is 13.0. The van der Waals surface area contributed by atoms with Gasteiger partial charge < -0.3 is 15.2 Å². The molecule has 0 aliphatic rings. The molecule has 4 nitrogen and oxygen atoms in total. The van der Waals surface area contributed by atoms with Gasteiger partial charge in [0.1, 0.15) is 6.61 Å². The third kappa shape index (κ3) is 5.17. The van der Waals surface area contributed by atoms with Crippen LogP contribution in [-0.4, -0.2) is 25.3 Å². The summed E-state index contributed by atoms with van der Waals surface area (Å²) in [4.78, 5) is 3.67. The minimum atomic E-state index is -0.559. The highest BCUT2D eigenvalue weighted by molar-refractivity contribution is 5.37. The number of nitrogens with two attached hydrogens (primary N) is 1. The van der Waals surface area contributed by atoms with Crippen LogP contribution >= 0.6 is 0 Å². The van der Waals surface area contributed by atoms with E-state index in [2.05, 4.69) is 4.98 Å². The van der Waals surface area contributed by atoms with Crippen LogP contribution in [0.5, 0.6) is 5.88 Å². The van der Waals surface area contributed by atoms with Crippen molar-refractivity contribution in [2.45, 2.75) is 13.8 Å². The average molecular weight is 216 g/mol. The molecule has 1 rings (SSSR count). The van der Waals surface area contributed by atoms with E-state index in [0.29, 0.717) is 6.61 Å². The maximum absolute atomic E-state index is 13.0. The number of aromatic nitrogens is 1. The third-order valence-corrected chi connectivity index (χ3v) is 1.35. The van der Waals surface area contributed by atoms with Crippen LogP contribution in [0.1, 0.15) is 13.8 Å². The lowest BCUT2D eigenvalue weighted by Gasteiger charge is -2.05. The van der Waals surface area contributed by atoms with Gasteiger partial charge in [0.15, 0.2) is 5.82 Å². The largest absolute Gasteiger partial charge is 0.473 e. The normalized spacial score (nSPS) is 9.07. The molecule has 0 saturated carbocycles. The SMILES string of the molecule is CC.COCCOc1ncc(N)cc1F. The lowest BCUT2D eigenvalue weighted by molar-refractivity contribution is 0.141. The second-order valence-electron chi connectivity index (χ2n) is 2.40. The molecule has 0 saturated heterocycles. The molecular formula is C10H17FN2O2. The molecule has 1 aromatic heterocycles. The fraction of sp³-hybridized carbons (Fsp3) is 0.500. The van der Waals surface area contributed by atoms with Crippen molar-refractivity contribution in [3.05, 3.63) is 18.1 Å². The topological polar surface area (TPSA) is 57.4 Å². The van der Waals surface area contributed by atoms with Crippen molar-refractivity contribution in [2.24, 2.45) is 0 Å². The third-order valence-electron chi connectivity index (χ3n) is 1.35. The molecule has 0 unspecified atom stereocenters. The zero-order valence-corrected chi connectivity index (χ0v) is 9.29. The van der Waals surface area contributed by atoms with Crippen LogP contribution < -0.4 is 10.5 Å². The monoisotopic (exact) mass is 216 g/mol. The van der Waals surface area contributed by atoms with Gasteiger partial charge >= 0.3 is 0 Å². The number of rotatable bonds is 4. The van der Waals surface area contributed by atoms with Crippen molar-refractivity contribution >= 4 is 5.69 Å². The summed E-state index contributed by atoms with van der Waals surface area (Å²) in [7, 11) is 1.54. The zero-order valence-electron chi connectivity index (χ0n) is 9.29. The summed E-state index contributed by atoms with van der Waals surface area (Å²) in [5.74, 6) is -0.609. The van der Waals surface area contributed by atoms with Crippen molar-refractivity contribution in [1.29, 1.82) is 0 Å². The van der Waals surface area contributed by atoms with Gasteiger partial charge in [0.05, 0.1) is 18.5 Å². The number of hydrogen-bond donors (Lipinski definition) is 1. The van der Waals surface area contributed by atoms with Gasteiger partial charge in [-0.3, -0.25) is 0 Å². The predicted molar refractivity (Wildman–Crippen MR) is 57.3 cm³/mol. The van der Waals surface area contributed by atoms with Gasteiger partial charge in [0.25, 0.3) is 5.88 Å². The van der Waals surface area contributed by atoms with Crippen LogP contribution in [0.25, 0.3) is 0 Å². The lowest BCUT2D eigenvalue weighted by atomic mass is 10.4. The summed E-state index contributed by atoms with van der Waals surface area (Å²) in [5.41, 5.74) is 5.57. The molecule has 0 radical (unpaired) electrons. The molecule has 1 aromatic rings. The Bertz CT molecular complexity index is 282. The van der Waals surface area contributed by atoms with E-state index >= 15 is 0 Å². The van der Waals surface area contributed by atoms with Crippen molar-refractivity contribution in [3.8, 4) is 5.88 Å². The highest BCUT2D eigenvalue weighted by atomic mass is 19.1.